The molecular weight excluding hydrogens is 260 g/mol. The van der Waals surface area contributed by atoms with Crippen LogP contribution in [0.1, 0.15) is 25.7 Å². The van der Waals surface area contributed by atoms with Crippen LogP contribution in [-0.4, -0.2) is 34.3 Å². The number of fused-ring (bicyclic) bond motifs is 1. The first-order chi connectivity index (χ1) is 9.16. The highest BCUT2D eigenvalue weighted by molar-refractivity contribution is 7.16. The summed E-state index contributed by atoms with van der Waals surface area (Å²) in [6.45, 7) is 0. The summed E-state index contributed by atoms with van der Waals surface area (Å²) in [7, 11) is 1.98. The SMILES string of the molecule is CN(c1nc(N)nc2sccc12)C1CCCCC1O. The number of hydrogen-bond acceptors (Lipinski definition) is 6. The lowest BCUT2D eigenvalue weighted by molar-refractivity contribution is 0.106. The normalized spacial score (nSPS) is 23.7. The Balaban J connectivity index is 2.00. The molecule has 1 saturated carbocycles. The molecule has 0 aliphatic heterocycles. The first kappa shape index (κ1) is 12.6. The van der Waals surface area contributed by atoms with Crippen LogP contribution < -0.4 is 10.6 Å². The second-order valence-electron chi connectivity index (χ2n) is 5.07. The van der Waals surface area contributed by atoms with E-state index in [1.165, 1.54) is 0 Å². The fourth-order valence-corrected chi connectivity index (χ4v) is 3.59. The number of hydrogen-bond donors (Lipinski definition) is 2. The van der Waals surface area contributed by atoms with Crippen molar-refractivity contribution in [3.8, 4) is 0 Å². The van der Waals surface area contributed by atoms with E-state index >= 15 is 0 Å². The summed E-state index contributed by atoms with van der Waals surface area (Å²) in [6.07, 6.45) is 3.82. The highest BCUT2D eigenvalue weighted by Crippen LogP contribution is 2.32. The Bertz CT molecular complexity index is 585. The van der Waals surface area contributed by atoms with Crippen molar-refractivity contribution < 1.29 is 5.11 Å². The molecule has 2 atom stereocenters. The van der Waals surface area contributed by atoms with Gasteiger partial charge in [-0.05, 0) is 24.3 Å². The van der Waals surface area contributed by atoms with Crippen LogP contribution in [0.2, 0.25) is 0 Å². The van der Waals surface area contributed by atoms with E-state index in [0.717, 1.165) is 41.7 Å². The van der Waals surface area contributed by atoms with Gasteiger partial charge in [0.15, 0.2) is 0 Å². The molecule has 1 aliphatic rings. The third-order valence-electron chi connectivity index (χ3n) is 3.85. The summed E-state index contributed by atoms with van der Waals surface area (Å²) in [5.41, 5.74) is 5.78. The van der Waals surface area contributed by atoms with E-state index in [4.69, 9.17) is 5.73 Å². The summed E-state index contributed by atoms with van der Waals surface area (Å²) < 4.78 is 0. The van der Waals surface area contributed by atoms with Gasteiger partial charge in [-0.2, -0.15) is 4.98 Å². The van der Waals surface area contributed by atoms with E-state index in [-0.39, 0.29) is 12.1 Å². The lowest BCUT2D eigenvalue weighted by Crippen LogP contribution is -2.44. The molecule has 0 radical (unpaired) electrons. The smallest absolute Gasteiger partial charge is 0.223 e. The van der Waals surface area contributed by atoms with Crippen LogP contribution >= 0.6 is 11.3 Å². The molecule has 0 saturated heterocycles. The van der Waals surface area contributed by atoms with Crippen molar-refractivity contribution in [2.24, 2.45) is 0 Å². The Hall–Kier alpha value is -1.40. The largest absolute Gasteiger partial charge is 0.391 e. The van der Waals surface area contributed by atoms with E-state index in [0.29, 0.717) is 5.95 Å². The third-order valence-corrected chi connectivity index (χ3v) is 4.65. The van der Waals surface area contributed by atoms with Gasteiger partial charge >= 0.3 is 0 Å². The summed E-state index contributed by atoms with van der Waals surface area (Å²) in [5, 5.41) is 13.2. The molecule has 2 unspecified atom stereocenters. The lowest BCUT2D eigenvalue weighted by Gasteiger charge is -2.36. The van der Waals surface area contributed by atoms with Crippen LogP contribution in [0.3, 0.4) is 0 Å². The van der Waals surface area contributed by atoms with Gasteiger partial charge in [0.2, 0.25) is 5.95 Å². The van der Waals surface area contributed by atoms with Crippen molar-refractivity contribution in [1.82, 2.24) is 9.97 Å². The van der Waals surface area contributed by atoms with Gasteiger partial charge < -0.3 is 15.7 Å². The molecule has 0 bridgehead atoms. The topological polar surface area (TPSA) is 75.3 Å². The monoisotopic (exact) mass is 278 g/mol. The molecule has 3 N–H and O–H groups in total. The number of anilines is 2. The Morgan fingerprint density at radius 3 is 2.95 bits per heavy atom. The second kappa shape index (κ2) is 4.94. The van der Waals surface area contributed by atoms with Gasteiger partial charge in [0.05, 0.1) is 17.5 Å². The Morgan fingerprint density at radius 2 is 2.16 bits per heavy atom. The standard InChI is InChI=1S/C13H18N4OS/c1-17(9-4-2-3-5-10(9)18)11-8-6-7-19-12(8)16-13(14)15-11/h6-7,9-10,18H,2-5H2,1H3,(H2,14,15,16). The fourth-order valence-electron chi connectivity index (χ4n) is 2.83. The molecule has 6 heteroatoms. The maximum Gasteiger partial charge on any atom is 0.223 e. The van der Waals surface area contributed by atoms with Gasteiger partial charge in [-0.1, -0.05) is 12.8 Å². The molecule has 5 nitrogen and oxygen atoms in total. The van der Waals surface area contributed by atoms with Crippen LogP contribution in [0.4, 0.5) is 11.8 Å². The van der Waals surface area contributed by atoms with E-state index in [1.807, 2.05) is 18.5 Å². The number of aromatic nitrogens is 2. The van der Waals surface area contributed by atoms with Gasteiger partial charge in [-0.25, -0.2) is 4.98 Å². The highest BCUT2D eigenvalue weighted by atomic mass is 32.1. The number of rotatable bonds is 2. The van der Waals surface area contributed by atoms with Crippen LogP contribution in [0, 0.1) is 0 Å². The van der Waals surface area contributed by atoms with Gasteiger partial charge in [-0.15, -0.1) is 11.3 Å². The molecule has 0 aromatic carbocycles. The lowest BCUT2D eigenvalue weighted by atomic mass is 9.91. The molecule has 2 aromatic heterocycles. The van der Waals surface area contributed by atoms with E-state index in [1.54, 1.807) is 11.3 Å². The minimum absolute atomic E-state index is 0.117. The quantitative estimate of drug-likeness (QED) is 0.879. The van der Waals surface area contributed by atoms with Crippen LogP contribution in [-0.2, 0) is 0 Å². The zero-order chi connectivity index (χ0) is 13.4. The Kier molecular flexibility index (Phi) is 3.28. The molecule has 3 rings (SSSR count). The number of aliphatic hydroxyl groups excluding tert-OH is 1. The van der Waals surface area contributed by atoms with Crippen LogP contribution in [0.25, 0.3) is 10.2 Å². The number of nitrogens with two attached hydrogens (primary N) is 1. The summed E-state index contributed by atoms with van der Waals surface area (Å²) in [5.74, 6) is 1.12. The number of aliphatic hydroxyl groups is 1. The average molecular weight is 278 g/mol. The van der Waals surface area contributed by atoms with Gasteiger partial charge in [-0.3, -0.25) is 0 Å². The molecule has 0 spiro atoms. The van der Waals surface area contributed by atoms with E-state index in [9.17, 15) is 5.11 Å². The van der Waals surface area contributed by atoms with Crippen LogP contribution in [0.5, 0.6) is 0 Å². The van der Waals surface area contributed by atoms with Crippen LogP contribution in [0.15, 0.2) is 11.4 Å². The molecule has 2 heterocycles. The zero-order valence-electron chi connectivity index (χ0n) is 10.9. The second-order valence-corrected chi connectivity index (χ2v) is 5.97. The number of nitrogen functional groups attached to an aromatic ring is 1. The van der Waals surface area contributed by atoms with Crippen molar-refractivity contribution in [2.75, 3.05) is 17.7 Å². The molecule has 19 heavy (non-hydrogen) atoms. The Morgan fingerprint density at radius 1 is 1.37 bits per heavy atom. The number of likely N-dealkylation sites (N-methyl/N-ethyl adjacent to an activating group) is 1. The maximum absolute atomic E-state index is 10.2. The van der Waals surface area contributed by atoms with Crippen molar-refractivity contribution >= 4 is 33.3 Å². The fraction of sp³-hybridized carbons (Fsp3) is 0.538. The minimum atomic E-state index is -0.288. The Labute approximate surface area is 116 Å². The zero-order valence-corrected chi connectivity index (χ0v) is 11.7. The number of thiophene rings is 1. The molecule has 1 fully saturated rings. The molecule has 2 aromatic rings. The average Bonchev–Trinajstić information content (AvgIpc) is 2.85. The van der Waals surface area contributed by atoms with E-state index in [2.05, 4.69) is 14.9 Å². The van der Waals surface area contributed by atoms with Crippen molar-refractivity contribution in [1.29, 1.82) is 0 Å². The van der Waals surface area contributed by atoms with Crippen molar-refractivity contribution in [3.63, 3.8) is 0 Å². The first-order valence-electron chi connectivity index (χ1n) is 6.58. The first-order valence-corrected chi connectivity index (χ1v) is 7.46. The van der Waals surface area contributed by atoms with E-state index < -0.39 is 0 Å². The molecule has 1 aliphatic carbocycles. The number of nitrogens with zero attached hydrogens (tertiary/aromatic N) is 3. The molecule has 0 amide bonds. The minimum Gasteiger partial charge on any atom is -0.391 e. The predicted octanol–water partition coefficient (Wildman–Crippen LogP) is 2.01. The van der Waals surface area contributed by atoms with Crippen molar-refractivity contribution in [3.05, 3.63) is 11.4 Å². The van der Waals surface area contributed by atoms with Gasteiger partial charge in [0, 0.05) is 7.05 Å². The summed E-state index contributed by atoms with van der Waals surface area (Å²) in [6, 6.07) is 2.13. The third kappa shape index (κ3) is 2.26. The van der Waals surface area contributed by atoms with Gasteiger partial charge in [0.1, 0.15) is 10.6 Å². The molecule has 102 valence electrons. The van der Waals surface area contributed by atoms with Crippen molar-refractivity contribution in [2.45, 2.75) is 37.8 Å². The maximum atomic E-state index is 10.2. The van der Waals surface area contributed by atoms with Gasteiger partial charge in [0.25, 0.3) is 0 Å². The summed E-state index contributed by atoms with van der Waals surface area (Å²) in [4.78, 5) is 11.6. The highest BCUT2D eigenvalue weighted by Gasteiger charge is 2.28. The predicted molar refractivity (Wildman–Crippen MR) is 78.5 cm³/mol. The molecular formula is C13H18N4OS. The summed E-state index contributed by atoms with van der Waals surface area (Å²) >= 11 is 1.56.